The van der Waals surface area contributed by atoms with Crippen LogP contribution in [0.15, 0.2) is 74.7 Å². The summed E-state index contributed by atoms with van der Waals surface area (Å²) < 4.78 is 0. The van der Waals surface area contributed by atoms with Gasteiger partial charge >= 0.3 is 0 Å². The zero-order valence-electron chi connectivity index (χ0n) is 21.3. The van der Waals surface area contributed by atoms with E-state index in [0.717, 1.165) is 43.0 Å². The number of hydrogen-bond acceptors (Lipinski definition) is 8. The van der Waals surface area contributed by atoms with Crippen LogP contribution >= 0.6 is 0 Å². The van der Waals surface area contributed by atoms with Crippen molar-refractivity contribution in [3.8, 4) is 5.75 Å². The lowest BCUT2D eigenvalue weighted by Gasteiger charge is -2.37. The van der Waals surface area contributed by atoms with Gasteiger partial charge in [0.15, 0.2) is 0 Å². The standard InChI is InChI=1S/C27H35N7O/c1-7-21-12-25(29-30-27(13-21)33-15-18(4)28-19(5)16-33)23-10-9-22(14-26(23)35)24-11-8-20(6)34(32-24)31-17(2)3/h8-12,14,18-19,28,35H,6-7,13,15-16H2,1-5H3/t18-,19+. The molecule has 35 heavy (non-hydrogen) atoms. The van der Waals surface area contributed by atoms with E-state index in [4.69, 9.17) is 0 Å². The maximum absolute atomic E-state index is 11.0. The Bertz CT molecular complexity index is 1170. The van der Waals surface area contributed by atoms with Crippen molar-refractivity contribution in [3.63, 3.8) is 0 Å². The number of hydrazone groups is 2. The highest BCUT2D eigenvalue weighted by Gasteiger charge is 2.25. The molecule has 0 aromatic heterocycles. The third-order valence-corrected chi connectivity index (χ3v) is 6.13. The van der Waals surface area contributed by atoms with E-state index in [1.54, 1.807) is 6.07 Å². The molecular formula is C27H35N7O. The zero-order chi connectivity index (χ0) is 25.1. The van der Waals surface area contributed by atoms with Gasteiger partial charge in [-0.1, -0.05) is 25.1 Å². The minimum atomic E-state index is 0.137. The predicted molar refractivity (Wildman–Crippen MR) is 144 cm³/mol. The van der Waals surface area contributed by atoms with Gasteiger partial charge in [0.25, 0.3) is 0 Å². The van der Waals surface area contributed by atoms with Crippen LogP contribution in [-0.2, 0) is 0 Å². The van der Waals surface area contributed by atoms with E-state index in [0.29, 0.717) is 34.8 Å². The van der Waals surface area contributed by atoms with Crippen molar-refractivity contribution in [2.75, 3.05) is 13.1 Å². The van der Waals surface area contributed by atoms with Crippen molar-refractivity contribution in [2.45, 2.75) is 59.5 Å². The lowest BCUT2D eigenvalue weighted by atomic mass is 9.99. The van der Waals surface area contributed by atoms with Crippen LogP contribution in [0.3, 0.4) is 0 Å². The molecule has 1 aromatic carbocycles. The third-order valence-electron chi connectivity index (χ3n) is 6.13. The van der Waals surface area contributed by atoms with Crippen molar-refractivity contribution in [2.24, 2.45) is 20.4 Å². The second-order valence-electron chi connectivity index (χ2n) is 9.59. The second-order valence-corrected chi connectivity index (χ2v) is 9.59. The topological polar surface area (TPSA) is 88.2 Å². The molecule has 1 fully saturated rings. The molecule has 0 unspecified atom stereocenters. The maximum atomic E-state index is 11.0. The summed E-state index contributed by atoms with van der Waals surface area (Å²) in [5.41, 5.74) is 5.59. The lowest BCUT2D eigenvalue weighted by molar-refractivity contribution is 0.252. The quantitative estimate of drug-likeness (QED) is 0.635. The van der Waals surface area contributed by atoms with Gasteiger partial charge in [0, 0.05) is 48.4 Å². The number of piperazine rings is 1. The fourth-order valence-corrected chi connectivity index (χ4v) is 4.47. The Morgan fingerprint density at radius 2 is 1.89 bits per heavy atom. The largest absolute Gasteiger partial charge is 0.507 e. The number of aromatic hydroxyl groups is 1. The highest BCUT2D eigenvalue weighted by molar-refractivity contribution is 6.14. The third kappa shape index (κ3) is 5.77. The molecule has 0 amide bonds. The maximum Gasteiger partial charge on any atom is 0.131 e. The van der Waals surface area contributed by atoms with E-state index in [1.807, 2.05) is 38.1 Å². The number of hydrogen-bond donors (Lipinski definition) is 2. The molecule has 1 saturated heterocycles. The first-order valence-corrected chi connectivity index (χ1v) is 12.2. The molecule has 8 nitrogen and oxygen atoms in total. The first-order chi connectivity index (χ1) is 16.7. The van der Waals surface area contributed by atoms with Gasteiger partial charge in [0.2, 0.25) is 0 Å². The van der Waals surface area contributed by atoms with E-state index in [-0.39, 0.29) is 5.75 Å². The van der Waals surface area contributed by atoms with E-state index >= 15 is 0 Å². The molecule has 0 spiro atoms. The Labute approximate surface area is 207 Å². The van der Waals surface area contributed by atoms with Crippen LogP contribution in [0.4, 0.5) is 0 Å². The molecule has 1 aromatic rings. The van der Waals surface area contributed by atoms with Gasteiger partial charge in [-0.15, -0.1) is 15.3 Å². The molecule has 8 heteroatoms. The average Bonchev–Trinajstić information content (AvgIpc) is 3.02. The smallest absolute Gasteiger partial charge is 0.131 e. The molecule has 0 aliphatic carbocycles. The predicted octanol–water partition coefficient (Wildman–Crippen LogP) is 4.40. The van der Waals surface area contributed by atoms with Gasteiger partial charge in [-0.05, 0) is 64.5 Å². The van der Waals surface area contributed by atoms with E-state index in [9.17, 15) is 5.11 Å². The lowest BCUT2D eigenvalue weighted by Crippen LogP contribution is -2.55. The highest BCUT2D eigenvalue weighted by Crippen LogP contribution is 2.26. The van der Waals surface area contributed by atoms with Crippen molar-refractivity contribution in [1.82, 2.24) is 15.3 Å². The summed E-state index contributed by atoms with van der Waals surface area (Å²) in [7, 11) is 0. The molecule has 184 valence electrons. The fraction of sp³-hybridized carbons (Fsp3) is 0.407. The van der Waals surface area contributed by atoms with Gasteiger partial charge in [-0.2, -0.15) is 10.2 Å². The van der Waals surface area contributed by atoms with Crippen LogP contribution in [0.1, 0.15) is 58.6 Å². The summed E-state index contributed by atoms with van der Waals surface area (Å²) in [5.74, 6) is 1.12. The number of amidine groups is 1. The van der Waals surface area contributed by atoms with Crippen molar-refractivity contribution in [3.05, 3.63) is 65.4 Å². The minimum Gasteiger partial charge on any atom is -0.507 e. The average molecular weight is 474 g/mol. The van der Waals surface area contributed by atoms with Gasteiger partial charge in [0.1, 0.15) is 11.6 Å². The highest BCUT2D eigenvalue weighted by atomic mass is 16.3. The first kappa shape index (κ1) is 24.6. The Balaban J connectivity index is 1.64. The fourth-order valence-electron chi connectivity index (χ4n) is 4.47. The van der Waals surface area contributed by atoms with Crippen LogP contribution in [0, 0.1) is 0 Å². The number of nitrogens with zero attached hydrogens (tertiary/aromatic N) is 6. The summed E-state index contributed by atoms with van der Waals surface area (Å²) in [6.45, 7) is 16.1. The first-order valence-electron chi connectivity index (χ1n) is 12.2. The monoisotopic (exact) mass is 473 g/mol. The summed E-state index contributed by atoms with van der Waals surface area (Å²) in [6, 6.07) is 6.32. The number of allylic oxidation sites excluding steroid dienone is 3. The Kier molecular flexibility index (Phi) is 7.31. The van der Waals surface area contributed by atoms with Crippen LogP contribution in [0.5, 0.6) is 5.75 Å². The SMILES string of the molecule is C=C1C=CC(c2ccc(C3=NN=C(N4C[C@@H](C)N[C@@H](C)C4)CC(CC)=C3)c(O)c2)=NN1N=C(C)C. The van der Waals surface area contributed by atoms with Crippen LogP contribution in [0.25, 0.3) is 0 Å². The minimum absolute atomic E-state index is 0.137. The summed E-state index contributed by atoms with van der Waals surface area (Å²) >= 11 is 0. The van der Waals surface area contributed by atoms with Crippen molar-refractivity contribution < 1.29 is 5.11 Å². The molecular weight excluding hydrogens is 438 g/mol. The van der Waals surface area contributed by atoms with Crippen LogP contribution < -0.4 is 5.32 Å². The number of nitrogens with one attached hydrogen (secondary N) is 1. The summed E-state index contributed by atoms with van der Waals surface area (Å²) in [4.78, 5) is 2.33. The summed E-state index contributed by atoms with van der Waals surface area (Å²) in [5, 5.41) is 34.2. The second kappa shape index (κ2) is 10.4. The number of phenolic OH excluding ortho intramolecular Hbond substituents is 1. The van der Waals surface area contributed by atoms with Gasteiger partial charge in [-0.25, -0.2) is 0 Å². The molecule has 4 rings (SSSR count). The molecule has 2 atom stereocenters. The molecule has 2 N–H and O–H groups in total. The van der Waals surface area contributed by atoms with E-state index in [1.165, 1.54) is 10.7 Å². The molecule has 3 aliphatic rings. The zero-order valence-corrected chi connectivity index (χ0v) is 21.3. The van der Waals surface area contributed by atoms with E-state index in [2.05, 4.69) is 64.0 Å². The number of rotatable bonds is 4. The number of phenols is 1. The van der Waals surface area contributed by atoms with Crippen LogP contribution in [0.2, 0.25) is 0 Å². The molecule has 0 bridgehead atoms. The van der Waals surface area contributed by atoms with E-state index < -0.39 is 0 Å². The van der Waals surface area contributed by atoms with Crippen LogP contribution in [-0.4, -0.2) is 63.3 Å². The van der Waals surface area contributed by atoms with Gasteiger partial charge in [0.05, 0.1) is 17.1 Å². The molecule has 0 radical (unpaired) electrons. The Hall–Kier alpha value is -3.52. The Morgan fingerprint density at radius 3 is 2.54 bits per heavy atom. The normalized spacial score (nSPS) is 22.7. The summed E-state index contributed by atoms with van der Waals surface area (Å²) in [6.07, 6.45) is 7.45. The molecule has 3 heterocycles. The number of benzene rings is 1. The van der Waals surface area contributed by atoms with Gasteiger partial charge in [-0.3, -0.25) is 0 Å². The van der Waals surface area contributed by atoms with Crippen molar-refractivity contribution in [1.29, 1.82) is 0 Å². The Morgan fingerprint density at radius 1 is 1.14 bits per heavy atom. The van der Waals surface area contributed by atoms with Crippen molar-refractivity contribution >= 4 is 23.0 Å². The molecule has 0 saturated carbocycles. The molecule has 3 aliphatic heterocycles. The van der Waals surface area contributed by atoms with Gasteiger partial charge < -0.3 is 15.3 Å².